The van der Waals surface area contributed by atoms with Gasteiger partial charge >= 0.3 is 6.09 Å². The molecule has 28 heavy (non-hydrogen) atoms. The molecule has 2 aromatic carbocycles. The van der Waals surface area contributed by atoms with E-state index in [0.29, 0.717) is 17.6 Å². The number of ether oxygens (including phenoxy) is 3. The Hall–Kier alpha value is -2.86. The van der Waals surface area contributed by atoms with Crippen molar-refractivity contribution in [1.29, 1.82) is 0 Å². The van der Waals surface area contributed by atoms with Gasteiger partial charge in [0.05, 0.1) is 19.8 Å². The summed E-state index contributed by atoms with van der Waals surface area (Å²) in [6.45, 7) is 5.57. The highest BCUT2D eigenvalue weighted by Gasteiger charge is 2.28. The summed E-state index contributed by atoms with van der Waals surface area (Å²) in [7, 11) is 1.57. The molecule has 0 heterocycles. The molecule has 6 nitrogen and oxygen atoms in total. The van der Waals surface area contributed by atoms with Gasteiger partial charge < -0.3 is 24.3 Å². The van der Waals surface area contributed by atoms with Gasteiger partial charge in [0.1, 0.15) is 17.5 Å². The van der Waals surface area contributed by atoms with Crippen LogP contribution in [0.15, 0.2) is 54.6 Å². The Kier molecular flexibility index (Phi) is 7.58. The number of hydrogen-bond acceptors (Lipinski definition) is 5. The molecular formula is C22H27NO5. The number of amides is 1. The van der Waals surface area contributed by atoms with Crippen LogP contribution in [-0.4, -0.2) is 31.2 Å². The van der Waals surface area contributed by atoms with E-state index in [4.69, 9.17) is 14.2 Å². The number of carbonyl (C=O) groups excluding carboxylic acids is 2. The molecule has 0 spiro atoms. The molecule has 0 aromatic heterocycles. The minimum atomic E-state index is -0.888. The zero-order chi connectivity index (χ0) is 20.6. The van der Waals surface area contributed by atoms with Gasteiger partial charge in [-0.1, -0.05) is 42.5 Å². The summed E-state index contributed by atoms with van der Waals surface area (Å²) in [5.74, 6) is 0.674. The Labute approximate surface area is 165 Å². The van der Waals surface area contributed by atoms with Crippen molar-refractivity contribution in [3.8, 4) is 5.75 Å². The van der Waals surface area contributed by atoms with Crippen LogP contribution in [0.3, 0.4) is 0 Å². The Morgan fingerprint density at radius 2 is 1.71 bits per heavy atom. The minimum absolute atomic E-state index is 0.243. The van der Waals surface area contributed by atoms with E-state index in [1.165, 1.54) is 0 Å². The Bertz CT molecular complexity index is 753. The van der Waals surface area contributed by atoms with Gasteiger partial charge in [0.25, 0.3) is 0 Å². The fourth-order valence-electron chi connectivity index (χ4n) is 2.58. The van der Waals surface area contributed by atoms with E-state index in [9.17, 15) is 9.59 Å². The molecule has 0 bridgehead atoms. The van der Waals surface area contributed by atoms with Crippen LogP contribution in [0.4, 0.5) is 4.79 Å². The van der Waals surface area contributed by atoms with Crippen molar-refractivity contribution in [2.75, 3.05) is 7.11 Å². The molecule has 0 aliphatic carbocycles. The lowest BCUT2D eigenvalue weighted by Gasteiger charge is -2.27. The molecule has 0 aliphatic heterocycles. The number of nitrogens with one attached hydrogen (secondary N) is 1. The van der Waals surface area contributed by atoms with Crippen molar-refractivity contribution in [2.45, 2.75) is 45.1 Å². The van der Waals surface area contributed by atoms with Crippen molar-refractivity contribution < 1.29 is 23.8 Å². The second-order valence-corrected chi connectivity index (χ2v) is 7.29. The van der Waals surface area contributed by atoms with E-state index in [1.54, 1.807) is 52.1 Å². The molecule has 0 aliphatic rings. The summed E-state index contributed by atoms with van der Waals surface area (Å²) in [6.07, 6.45) is -0.820. The van der Waals surface area contributed by atoms with Crippen molar-refractivity contribution in [1.82, 2.24) is 5.32 Å². The SMILES string of the molecule is COc1ccc([C@H](NC(=O)OC(C)(C)C)[C@H](C=O)OCc2ccccc2)cc1. The largest absolute Gasteiger partial charge is 0.497 e. The van der Waals surface area contributed by atoms with Gasteiger partial charge in [-0.25, -0.2) is 4.79 Å². The summed E-state index contributed by atoms with van der Waals surface area (Å²) in [5.41, 5.74) is 0.979. The first-order valence-corrected chi connectivity index (χ1v) is 9.06. The first-order valence-electron chi connectivity index (χ1n) is 9.06. The fourth-order valence-corrected chi connectivity index (χ4v) is 2.58. The van der Waals surface area contributed by atoms with Gasteiger partial charge in [0, 0.05) is 0 Å². The Morgan fingerprint density at radius 3 is 2.25 bits per heavy atom. The Morgan fingerprint density at radius 1 is 1.07 bits per heavy atom. The van der Waals surface area contributed by atoms with Gasteiger partial charge in [-0.05, 0) is 44.0 Å². The molecule has 0 fully saturated rings. The first kappa shape index (κ1) is 21.4. The third-order valence-corrected chi connectivity index (χ3v) is 3.90. The number of alkyl carbamates (subject to hydrolysis) is 1. The van der Waals surface area contributed by atoms with Crippen molar-refractivity contribution >= 4 is 12.4 Å². The van der Waals surface area contributed by atoms with E-state index in [0.717, 1.165) is 5.56 Å². The van der Waals surface area contributed by atoms with Crippen molar-refractivity contribution in [3.05, 3.63) is 65.7 Å². The molecular weight excluding hydrogens is 358 g/mol. The smallest absolute Gasteiger partial charge is 0.408 e. The number of benzene rings is 2. The summed E-state index contributed by atoms with van der Waals surface area (Å²) in [4.78, 5) is 24.1. The molecule has 2 rings (SSSR count). The highest BCUT2D eigenvalue weighted by Crippen LogP contribution is 2.23. The quantitative estimate of drug-likeness (QED) is 0.694. The Balaban J connectivity index is 2.20. The van der Waals surface area contributed by atoms with E-state index in [2.05, 4.69) is 5.32 Å². The molecule has 2 atom stereocenters. The molecule has 0 saturated carbocycles. The summed E-state index contributed by atoms with van der Waals surface area (Å²) in [5, 5.41) is 2.76. The molecule has 2 aromatic rings. The molecule has 0 radical (unpaired) electrons. The van der Waals surface area contributed by atoms with Crippen LogP contribution in [0, 0.1) is 0 Å². The normalized spacial score (nSPS) is 13.3. The zero-order valence-electron chi connectivity index (χ0n) is 16.7. The van der Waals surface area contributed by atoms with Gasteiger partial charge in [-0.3, -0.25) is 0 Å². The molecule has 6 heteroatoms. The predicted molar refractivity (Wildman–Crippen MR) is 106 cm³/mol. The maximum Gasteiger partial charge on any atom is 0.408 e. The van der Waals surface area contributed by atoms with Crippen LogP contribution in [0.25, 0.3) is 0 Å². The maximum absolute atomic E-state index is 12.3. The molecule has 1 N–H and O–H groups in total. The van der Waals surface area contributed by atoms with E-state index >= 15 is 0 Å². The molecule has 0 unspecified atom stereocenters. The van der Waals surface area contributed by atoms with Gasteiger partial charge in [0.15, 0.2) is 6.29 Å². The topological polar surface area (TPSA) is 73.9 Å². The fraction of sp³-hybridized carbons (Fsp3) is 0.364. The van der Waals surface area contributed by atoms with Crippen molar-refractivity contribution in [3.63, 3.8) is 0 Å². The molecule has 0 saturated heterocycles. The highest BCUT2D eigenvalue weighted by molar-refractivity contribution is 5.70. The first-order chi connectivity index (χ1) is 13.3. The average Bonchev–Trinajstić information content (AvgIpc) is 2.67. The lowest BCUT2D eigenvalue weighted by atomic mass is 10.0. The van der Waals surface area contributed by atoms with E-state index in [-0.39, 0.29) is 6.61 Å². The van der Waals surface area contributed by atoms with Gasteiger partial charge in [-0.15, -0.1) is 0 Å². The second kappa shape index (κ2) is 9.90. The molecule has 150 valence electrons. The summed E-state index contributed by atoms with van der Waals surface area (Å²) < 4.78 is 16.3. The number of carbonyl (C=O) groups is 2. The third kappa shape index (κ3) is 6.70. The zero-order valence-corrected chi connectivity index (χ0v) is 16.7. The summed E-state index contributed by atoms with van der Waals surface area (Å²) >= 11 is 0. The van der Waals surface area contributed by atoms with E-state index in [1.807, 2.05) is 30.3 Å². The van der Waals surface area contributed by atoms with Gasteiger partial charge in [-0.2, -0.15) is 0 Å². The number of hydrogen-bond donors (Lipinski definition) is 1. The van der Waals surface area contributed by atoms with Gasteiger partial charge in [0.2, 0.25) is 0 Å². The third-order valence-electron chi connectivity index (χ3n) is 3.90. The summed E-state index contributed by atoms with van der Waals surface area (Å²) in [6, 6.07) is 15.9. The lowest BCUT2D eigenvalue weighted by molar-refractivity contribution is -0.120. The van der Waals surface area contributed by atoms with Crippen LogP contribution < -0.4 is 10.1 Å². The van der Waals surface area contributed by atoms with Crippen LogP contribution in [0.1, 0.15) is 37.9 Å². The number of methoxy groups -OCH3 is 1. The lowest BCUT2D eigenvalue weighted by Crippen LogP contribution is -2.41. The van der Waals surface area contributed by atoms with Crippen LogP contribution in [0.5, 0.6) is 5.75 Å². The average molecular weight is 385 g/mol. The van der Waals surface area contributed by atoms with Crippen LogP contribution in [0.2, 0.25) is 0 Å². The highest BCUT2D eigenvalue weighted by atomic mass is 16.6. The molecule has 1 amide bonds. The minimum Gasteiger partial charge on any atom is -0.497 e. The second-order valence-electron chi connectivity index (χ2n) is 7.29. The van der Waals surface area contributed by atoms with E-state index < -0.39 is 23.8 Å². The standard InChI is InChI=1S/C22H27NO5/c1-22(2,3)28-21(25)23-20(17-10-12-18(26-4)13-11-17)19(14-24)27-15-16-8-6-5-7-9-16/h5-14,19-20H,15H2,1-4H3,(H,23,25)/t19-,20-/m0/s1. The van der Waals surface area contributed by atoms with Crippen LogP contribution in [-0.2, 0) is 20.9 Å². The van der Waals surface area contributed by atoms with Crippen molar-refractivity contribution in [2.24, 2.45) is 0 Å². The number of rotatable bonds is 8. The van der Waals surface area contributed by atoms with Crippen LogP contribution >= 0.6 is 0 Å². The monoisotopic (exact) mass is 385 g/mol. The number of aldehydes is 1. The predicted octanol–water partition coefficient (Wildman–Crippen LogP) is 4.05. The maximum atomic E-state index is 12.3.